The molecule has 0 bridgehead atoms. The third kappa shape index (κ3) is 2.39. The molecule has 7 nitrogen and oxygen atoms in total. The van der Waals surface area contributed by atoms with E-state index in [1.165, 1.54) is 0 Å². The highest BCUT2D eigenvalue weighted by Crippen LogP contribution is 2.33. The van der Waals surface area contributed by atoms with E-state index in [-0.39, 0.29) is 5.92 Å². The second-order valence-corrected chi connectivity index (χ2v) is 6.34. The van der Waals surface area contributed by atoms with Gasteiger partial charge in [0.05, 0.1) is 5.69 Å². The molecule has 2 N–H and O–H groups in total. The minimum atomic E-state index is -4.38. The number of ketones is 1. The first-order valence-corrected chi connectivity index (χ1v) is 7.80. The van der Waals surface area contributed by atoms with Gasteiger partial charge >= 0.3 is 17.5 Å². The van der Waals surface area contributed by atoms with E-state index in [2.05, 4.69) is 0 Å². The number of rotatable bonds is 2. The molecule has 26 heavy (non-hydrogen) atoms. The van der Waals surface area contributed by atoms with E-state index < -0.39 is 40.2 Å². The largest absolute Gasteiger partial charge is 0.386 e. The number of aromatic nitrogens is 2. The minimum Gasteiger partial charge on any atom is -0.305 e. The van der Waals surface area contributed by atoms with Crippen molar-refractivity contribution in [1.29, 1.82) is 0 Å². The summed E-state index contributed by atoms with van der Waals surface area (Å²) < 4.78 is 28.4. The van der Waals surface area contributed by atoms with Crippen LogP contribution in [0, 0.1) is 6.92 Å². The third-order valence-electron chi connectivity index (χ3n) is 4.25. The molecule has 0 saturated carbocycles. The van der Waals surface area contributed by atoms with Crippen LogP contribution >= 0.6 is 0 Å². The van der Waals surface area contributed by atoms with Gasteiger partial charge in [0.1, 0.15) is 11.4 Å². The summed E-state index contributed by atoms with van der Waals surface area (Å²) in [5.74, 6) is -8.81. The average molecular weight is 363 g/mol. The molecule has 1 aliphatic rings. The third-order valence-corrected chi connectivity index (χ3v) is 4.25. The normalized spacial score (nSPS) is 15.8. The SMILES string of the molecule is Cc1cccc(C(C)C)c1-n1c2c(c(=O)[nH]c1=O)C(=O)C(F)(F)C(=O)N2. The lowest BCUT2D eigenvalue weighted by Crippen LogP contribution is -2.51. The molecule has 0 fully saturated rings. The minimum absolute atomic E-state index is 0.0594. The van der Waals surface area contributed by atoms with E-state index >= 15 is 0 Å². The van der Waals surface area contributed by atoms with Gasteiger partial charge < -0.3 is 5.32 Å². The molecule has 1 amide bonds. The number of halogens is 2. The van der Waals surface area contributed by atoms with Crippen LogP contribution in [0.5, 0.6) is 0 Å². The van der Waals surface area contributed by atoms with Gasteiger partial charge in [-0.15, -0.1) is 0 Å². The molecule has 2 aromatic rings. The Morgan fingerprint density at radius 3 is 2.38 bits per heavy atom. The lowest BCUT2D eigenvalue weighted by Gasteiger charge is -2.26. The van der Waals surface area contributed by atoms with Gasteiger partial charge in [-0.1, -0.05) is 32.0 Å². The number of nitrogens with one attached hydrogen (secondary N) is 2. The zero-order valence-electron chi connectivity index (χ0n) is 14.1. The topological polar surface area (TPSA) is 101 Å². The molecule has 9 heteroatoms. The standard InChI is InChI=1S/C17H15F2N3O4/c1-7(2)9-6-4-5-8(3)11(9)22-13-10(14(24)21-16(22)26)12(23)17(18,19)15(25)20-13/h4-7H,1-3H3,(H,20,25)(H,21,24,26). The fourth-order valence-electron chi connectivity index (χ4n) is 2.98. The summed E-state index contributed by atoms with van der Waals surface area (Å²) in [5, 5.41) is 1.86. The molecule has 3 rings (SSSR count). The van der Waals surface area contributed by atoms with E-state index in [0.29, 0.717) is 16.8 Å². The maximum atomic E-state index is 13.8. The van der Waals surface area contributed by atoms with Crippen LogP contribution in [-0.2, 0) is 4.79 Å². The first kappa shape index (κ1) is 17.7. The van der Waals surface area contributed by atoms with E-state index in [1.54, 1.807) is 25.1 Å². The molecule has 0 atom stereocenters. The summed E-state index contributed by atoms with van der Waals surface area (Å²) >= 11 is 0. The smallest absolute Gasteiger partial charge is 0.305 e. The van der Waals surface area contributed by atoms with Gasteiger partial charge in [0.25, 0.3) is 11.3 Å². The second-order valence-electron chi connectivity index (χ2n) is 6.34. The van der Waals surface area contributed by atoms with Crippen molar-refractivity contribution in [2.75, 3.05) is 5.32 Å². The molecule has 1 aliphatic heterocycles. The van der Waals surface area contributed by atoms with Crippen LogP contribution in [0.3, 0.4) is 0 Å². The lowest BCUT2D eigenvalue weighted by molar-refractivity contribution is -0.134. The van der Waals surface area contributed by atoms with Crippen LogP contribution in [-0.4, -0.2) is 27.2 Å². The van der Waals surface area contributed by atoms with E-state index in [0.717, 1.165) is 4.57 Å². The number of carbonyl (C=O) groups is 2. The Balaban J connectivity index is 2.47. The number of para-hydroxylation sites is 1. The number of Topliss-reactive ketones (excluding diaryl/α,β-unsaturated/α-hetero) is 1. The van der Waals surface area contributed by atoms with Crippen molar-refractivity contribution < 1.29 is 18.4 Å². The van der Waals surface area contributed by atoms with Crippen molar-refractivity contribution in [3.05, 3.63) is 55.7 Å². The molecule has 0 aliphatic carbocycles. The van der Waals surface area contributed by atoms with Crippen LogP contribution in [0.1, 0.15) is 41.3 Å². The number of benzene rings is 1. The number of fused-ring (bicyclic) bond motifs is 1. The van der Waals surface area contributed by atoms with E-state index in [4.69, 9.17) is 0 Å². The highest BCUT2D eigenvalue weighted by Gasteiger charge is 2.54. The number of H-pyrrole nitrogens is 1. The Morgan fingerprint density at radius 2 is 1.77 bits per heavy atom. The Labute approximate surface area is 145 Å². The van der Waals surface area contributed by atoms with Gasteiger partial charge in [0, 0.05) is 0 Å². The highest BCUT2D eigenvalue weighted by molar-refractivity contribution is 6.24. The van der Waals surface area contributed by atoms with Gasteiger partial charge in [-0.2, -0.15) is 8.78 Å². The summed E-state index contributed by atoms with van der Waals surface area (Å²) in [6, 6.07) is 5.18. The summed E-state index contributed by atoms with van der Waals surface area (Å²) in [6.07, 6.45) is 0. The summed E-state index contributed by atoms with van der Waals surface area (Å²) in [6.45, 7) is 5.41. The Bertz CT molecular complexity index is 1070. The fourth-order valence-corrected chi connectivity index (χ4v) is 2.98. The predicted molar refractivity (Wildman–Crippen MR) is 89.4 cm³/mol. The second kappa shape index (κ2) is 5.72. The van der Waals surface area contributed by atoms with E-state index in [9.17, 15) is 28.0 Å². The first-order valence-electron chi connectivity index (χ1n) is 7.80. The van der Waals surface area contributed by atoms with Crippen molar-refractivity contribution in [3.63, 3.8) is 0 Å². The van der Waals surface area contributed by atoms with Gasteiger partial charge in [-0.3, -0.25) is 19.4 Å². The molecular weight excluding hydrogens is 348 g/mol. The summed E-state index contributed by atoms with van der Waals surface area (Å²) in [4.78, 5) is 50.1. The van der Waals surface area contributed by atoms with Gasteiger partial charge in [0.15, 0.2) is 0 Å². The fraction of sp³-hybridized carbons (Fsp3) is 0.294. The van der Waals surface area contributed by atoms with Gasteiger partial charge in [-0.05, 0) is 24.0 Å². The van der Waals surface area contributed by atoms with Gasteiger partial charge in [0.2, 0.25) is 0 Å². The van der Waals surface area contributed by atoms with Crippen molar-refractivity contribution >= 4 is 17.5 Å². The number of aryl methyl sites for hydroxylation is 1. The van der Waals surface area contributed by atoms with Crippen LogP contribution in [0.2, 0.25) is 0 Å². The number of carbonyl (C=O) groups excluding carboxylic acids is 2. The number of hydrogen-bond acceptors (Lipinski definition) is 4. The molecule has 136 valence electrons. The number of nitrogens with zero attached hydrogens (tertiary/aromatic N) is 1. The van der Waals surface area contributed by atoms with Crippen LogP contribution in [0.15, 0.2) is 27.8 Å². The number of aromatic amines is 1. The summed E-state index contributed by atoms with van der Waals surface area (Å²) in [5.41, 5.74) is -1.56. The van der Waals surface area contributed by atoms with Crippen molar-refractivity contribution in [3.8, 4) is 5.69 Å². The van der Waals surface area contributed by atoms with Crippen LogP contribution in [0.25, 0.3) is 5.69 Å². The molecule has 1 aromatic carbocycles. The van der Waals surface area contributed by atoms with Crippen LogP contribution < -0.4 is 16.6 Å². The number of alkyl halides is 2. The monoisotopic (exact) mass is 363 g/mol. The molecule has 0 radical (unpaired) electrons. The average Bonchev–Trinajstić information content (AvgIpc) is 2.53. The quantitative estimate of drug-likeness (QED) is 0.794. The highest BCUT2D eigenvalue weighted by atomic mass is 19.3. The zero-order chi connectivity index (χ0) is 19.4. The predicted octanol–water partition coefficient (Wildman–Crippen LogP) is 1.73. The molecule has 0 saturated heterocycles. The Hall–Kier alpha value is -3.10. The Kier molecular flexibility index (Phi) is 3.90. The molecule has 0 spiro atoms. The first-order chi connectivity index (χ1) is 12.1. The van der Waals surface area contributed by atoms with Gasteiger partial charge in [-0.25, -0.2) is 9.36 Å². The number of amides is 1. The van der Waals surface area contributed by atoms with E-state index in [1.807, 2.05) is 24.1 Å². The molecular formula is C17H15F2N3O4. The number of hydrogen-bond donors (Lipinski definition) is 2. The summed E-state index contributed by atoms with van der Waals surface area (Å²) in [7, 11) is 0. The van der Waals surface area contributed by atoms with Crippen molar-refractivity contribution in [2.45, 2.75) is 32.6 Å². The van der Waals surface area contributed by atoms with Crippen LogP contribution in [0.4, 0.5) is 14.6 Å². The molecule has 0 unspecified atom stereocenters. The van der Waals surface area contributed by atoms with Crippen molar-refractivity contribution in [2.24, 2.45) is 0 Å². The maximum absolute atomic E-state index is 13.8. The lowest BCUT2D eigenvalue weighted by atomic mass is 9.97. The maximum Gasteiger partial charge on any atom is 0.386 e. The van der Waals surface area contributed by atoms with Crippen molar-refractivity contribution in [1.82, 2.24) is 9.55 Å². The number of anilines is 1. The zero-order valence-corrected chi connectivity index (χ0v) is 14.1. The molecule has 2 heterocycles. The molecule has 1 aromatic heterocycles. The Morgan fingerprint density at radius 1 is 1.12 bits per heavy atom.